The number of carbonyl (C=O) groups excluding carboxylic acids is 1. The number of carbonyl (C=O) groups is 1. The minimum atomic E-state index is -0.0826. The molecule has 92 valence electrons. The van der Waals surface area contributed by atoms with Gasteiger partial charge in [-0.2, -0.15) is 0 Å². The zero-order chi connectivity index (χ0) is 11.9. The second-order valence-electron chi connectivity index (χ2n) is 4.71. The lowest BCUT2D eigenvalue weighted by Gasteiger charge is -2.08. The molecule has 0 N–H and O–H groups in total. The van der Waals surface area contributed by atoms with E-state index in [9.17, 15) is 4.79 Å². The number of hydrogen-bond donors (Lipinski definition) is 0. The van der Waals surface area contributed by atoms with Crippen LogP contribution in [0.15, 0.2) is 24.5 Å². The second kappa shape index (κ2) is 6.38. The fraction of sp³-hybridized carbons (Fsp3) is 0.571. The van der Waals surface area contributed by atoms with E-state index in [1.807, 2.05) is 12.1 Å². The Labute approximate surface area is 102 Å². The first kappa shape index (κ1) is 12.1. The van der Waals surface area contributed by atoms with Gasteiger partial charge in [0, 0.05) is 24.4 Å². The molecule has 0 atom stereocenters. The molecule has 1 aliphatic carbocycles. The molecule has 3 heteroatoms. The SMILES string of the molecule is O=C(CCC1CCCC1)OCc1cccnc1. The van der Waals surface area contributed by atoms with E-state index >= 15 is 0 Å². The zero-order valence-corrected chi connectivity index (χ0v) is 10.1. The lowest BCUT2D eigenvalue weighted by atomic mass is 10.0. The van der Waals surface area contributed by atoms with Crippen molar-refractivity contribution in [1.29, 1.82) is 0 Å². The van der Waals surface area contributed by atoms with Gasteiger partial charge in [-0.1, -0.05) is 31.7 Å². The van der Waals surface area contributed by atoms with Crippen LogP contribution in [0.2, 0.25) is 0 Å². The van der Waals surface area contributed by atoms with Gasteiger partial charge in [0.1, 0.15) is 6.61 Å². The minimum absolute atomic E-state index is 0.0826. The van der Waals surface area contributed by atoms with Crippen LogP contribution in [0.5, 0.6) is 0 Å². The number of pyridine rings is 1. The molecular weight excluding hydrogens is 214 g/mol. The lowest BCUT2D eigenvalue weighted by Crippen LogP contribution is -2.06. The molecule has 0 saturated heterocycles. The van der Waals surface area contributed by atoms with Crippen LogP contribution in [0, 0.1) is 5.92 Å². The fourth-order valence-electron chi connectivity index (χ4n) is 2.34. The molecule has 0 radical (unpaired) electrons. The molecule has 1 aromatic heterocycles. The molecule has 0 bridgehead atoms. The third kappa shape index (κ3) is 4.17. The van der Waals surface area contributed by atoms with Crippen LogP contribution in [0.1, 0.15) is 44.1 Å². The summed E-state index contributed by atoms with van der Waals surface area (Å²) in [5.41, 5.74) is 0.946. The van der Waals surface area contributed by atoms with Crippen LogP contribution in [0.4, 0.5) is 0 Å². The van der Waals surface area contributed by atoms with Gasteiger partial charge >= 0.3 is 5.97 Å². The van der Waals surface area contributed by atoms with Gasteiger partial charge in [0.15, 0.2) is 0 Å². The Hall–Kier alpha value is -1.38. The van der Waals surface area contributed by atoms with E-state index in [4.69, 9.17) is 4.74 Å². The highest BCUT2D eigenvalue weighted by Crippen LogP contribution is 2.28. The highest BCUT2D eigenvalue weighted by molar-refractivity contribution is 5.69. The number of hydrogen-bond acceptors (Lipinski definition) is 3. The van der Waals surface area contributed by atoms with E-state index in [0.29, 0.717) is 13.0 Å². The summed E-state index contributed by atoms with van der Waals surface area (Å²) in [4.78, 5) is 15.5. The predicted octanol–water partition coefficient (Wildman–Crippen LogP) is 3.10. The van der Waals surface area contributed by atoms with Crippen molar-refractivity contribution in [2.24, 2.45) is 5.92 Å². The molecule has 1 saturated carbocycles. The average Bonchev–Trinajstić information content (AvgIpc) is 2.88. The highest BCUT2D eigenvalue weighted by atomic mass is 16.5. The van der Waals surface area contributed by atoms with E-state index in [1.54, 1.807) is 12.4 Å². The summed E-state index contributed by atoms with van der Waals surface area (Å²) in [6.07, 6.45) is 10.2. The molecule has 0 aliphatic heterocycles. The number of ether oxygens (including phenoxy) is 1. The van der Waals surface area contributed by atoms with Crippen LogP contribution < -0.4 is 0 Å². The normalized spacial score (nSPS) is 16.0. The lowest BCUT2D eigenvalue weighted by molar-refractivity contribution is -0.145. The number of esters is 1. The van der Waals surface area contributed by atoms with Gasteiger partial charge in [0.05, 0.1) is 0 Å². The van der Waals surface area contributed by atoms with Crippen molar-refractivity contribution in [3.63, 3.8) is 0 Å². The summed E-state index contributed by atoms with van der Waals surface area (Å²) in [5.74, 6) is 0.668. The summed E-state index contributed by atoms with van der Waals surface area (Å²) in [6.45, 7) is 0.345. The fourth-order valence-corrected chi connectivity index (χ4v) is 2.34. The summed E-state index contributed by atoms with van der Waals surface area (Å²) < 4.78 is 5.21. The topological polar surface area (TPSA) is 39.2 Å². The molecule has 17 heavy (non-hydrogen) atoms. The van der Waals surface area contributed by atoms with Crippen molar-refractivity contribution in [3.8, 4) is 0 Å². The number of rotatable bonds is 5. The Kier molecular flexibility index (Phi) is 4.54. The summed E-state index contributed by atoms with van der Waals surface area (Å²) in [7, 11) is 0. The maximum Gasteiger partial charge on any atom is 0.306 e. The molecule has 0 amide bonds. The highest BCUT2D eigenvalue weighted by Gasteiger charge is 2.16. The van der Waals surface area contributed by atoms with Crippen molar-refractivity contribution >= 4 is 5.97 Å². The molecule has 0 aromatic carbocycles. The smallest absolute Gasteiger partial charge is 0.306 e. The first-order chi connectivity index (χ1) is 8.34. The van der Waals surface area contributed by atoms with Gasteiger partial charge in [-0.25, -0.2) is 0 Å². The Bertz CT molecular complexity index is 344. The van der Waals surface area contributed by atoms with Crippen LogP contribution in [0.3, 0.4) is 0 Å². The van der Waals surface area contributed by atoms with Crippen molar-refractivity contribution in [2.75, 3.05) is 0 Å². The Balaban J connectivity index is 1.64. The van der Waals surface area contributed by atoms with Gasteiger partial charge in [-0.05, 0) is 18.4 Å². The van der Waals surface area contributed by atoms with Crippen LogP contribution in [0.25, 0.3) is 0 Å². The van der Waals surface area contributed by atoms with Crippen molar-refractivity contribution in [3.05, 3.63) is 30.1 Å². The van der Waals surface area contributed by atoms with Crippen LogP contribution in [-0.2, 0) is 16.1 Å². The largest absolute Gasteiger partial charge is 0.461 e. The molecule has 1 fully saturated rings. The molecule has 0 spiro atoms. The van der Waals surface area contributed by atoms with E-state index in [2.05, 4.69) is 4.98 Å². The van der Waals surface area contributed by atoms with Gasteiger partial charge in [0.25, 0.3) is 0 Å². The summed E-state index contributed by atoms with van der Waals surface area (Å²) >= 11 is 0. The second-order valence-corrected chi connectivity index (χ2v) is 4.71. The molecule has 2 rings (SSSR count). The molecule has 1 aliphatic rings. The Morgan fingerprint density at radius 2 is 2.24 bits per heavy atom. The van der Waals surface area contributed by atoms with E-state index < -0.39 is 0 Å². The van der Waals surface area contributed by atoms with E-state index in [0.717, 1.165) is 17.9 Å². The monoisotopic (exact) mass is 233 g/mol. The first-order valence-electron chi connectivity index (χ1n) is 6.39. The molecule has 1 aromatic rings. The molecular formula is C14H19NO2. The summed E-state index contributed by atoms with van der Waals surface area (Å²) in [5, 5.41) is 0. The van der Waals surface area contributed by atoms with Gasteiger partial charge < -0.3 is 4.74 Å². The number of aromatic nitrogens is 1. The van der Waals surface area contributed by atoms with Crippen LogP contribution >= 0.6 is 0 Å². The average molecular weight is 233 g/mol. The third-order valence-corrected chi connectivity index (χ3v) is 3.35. The zero-order valence-electron chi connectivity index (χ0n) is 10.1. The van der Waals surface area contributed by atoms with Crippen molar-refractivity contribution in [2.45, 2.75) is 45.1 Å². The first-order valence-corrected chi connectivity index (χ1v) is 6.39. The maximum absolute atomic E-state index is 11.5. The minimum Gasteiger partial charge on any atom is -0.461 e. The van der Waals surface area contributed by atoms with Gasteiger partial charge in [-0.15, -0.1) is 0 Å². The van der Waals surface area contributed by atoms with Gasteiger partial charge in [-0.3, -0.25) is 9.78 Å². The number of nitrogens with zero attached hydrogens (tertiary/aromatic N) is 1. The molecule has 1 heterocycles. The van der Waals surface area contributed by atoms with Gasteiger partial charge in [0.2, 0.25) is 0 Å². The Morgan fingerprint density at radius 3 is 2.94 bits per heavy atom. The standard InChI is InChI=1S/C14H19NO2/c16-14(8-7-12-4-1-2-5-12)17-11-13-6-3-9-15-10-13/h3,6,9-10,12H,1-2,4-5,7-8,11H2. The van der Waals surface area contributed by atoms with Crippen molar-refractivity contribution < 1.29 is 9.53 Å². The van der Waals surface area contributed by atoms with E-state index in [1.165, 1.54) is 25.7 Å². The third-order valence-electron chi connectivity index (χ3n) is 3.35. The summed E-state index contributed by atoms with van der Waals surface area (Å²) in [6, 6.07) is 3.76. The predicted molar refractivity (Wildman–Crippen MR) is 65.2 cm³/mol. The van der Waals surface area contributed by atoms with Crippen molar-refractivity contribution in [1.82, 2.24) is 4.98 Å². The van der Waals surface area contributed by atoms with E-state index in [-0.39, 0.29) is 5.97 Å². The Morgan fingerprint density at radius 1 is 1.41 bits per heavy atom. The molecule has 3 nitrogen and oxygen atoms in total. The quantitative estimate of drug-likeness (QED) is 0.733. The molecule has 0 unspecified atom stereocenters. The van der Waals surface area contributed by atoms with Crippen LogP contribution in [-0.4, -0.2) is 11.0 Å². The maximum atomic E-state index is 11.5.